The molecule has 3 amide bonds. The summed E-state index contributed by atoms with van der Waals surface area (Å²) in [6, 6.07) is 0.573. The summed E-state index contributed by atoms with van der Waals surface area (Å²) < 4.78 is 5.42. The van der Waals surface area contributed by atoms with Crippen LogP contribution in [-0.4, -0.2) is 59.7 Å². The van der Waals surface area contributed by atoms with Crippen molar-refractivity contribution in [2.24, 2.45) is 0 Å². The second-order valence-corrected chi connectivity index (χ2v) is 7.39. The summed E-state index contributed by atoms with van der Waals surface area (Å²) >= 11 is 0. The number of carbonyl (C=O) groups is 2. The maximum atomic E-state index is 12.1. The van der Waals surface area contributed by atoms with Gasteiger partial charge >= 0.3 is 12.1 Å². The monoisotopic (exact) mass is 311 g/mol. The van der Waals surface area contributed by atoms with Crippen molar-refractivity contribution in [3.8, 4) is 0 Å². The summed E-state index contributed by atoms with van der Waals surface area (Å²) in [7, 11) is 1.86. The molecule has 0 bridgehead atoms. The predicted molar refractivity (Wildman–Crippen MR) is 84.8 cm³/mol. The first-order valence-electron chi connectivity index (χ1n) is 8.27. The molecule has 1 aliphatic carbocycles. The molecule has 6 nitrogen and oxygen atoms in total. The molecule has 0 spiro atoms. The van der Waals surface area contributed by atoms with Crippen LogP contribution in [0.3, 0.4) is 0 Å². The van der Waals surface area contributed by atoms with Gasteiger partial charge in [-0.05, 0) is 52.9 Å². The lowest BCUT2D eigenvalue weighted by Crippen LogP contribution is -2.44. The second-order valence-electron chi connectivity index (χ2n) is 7.39. The molecule has 0 unspecified atom stereocenters. The predicted octanol–water partition coefficient (Wildman–Crippen LogP) is 2.58. The van der Waals surface area contributed by atoms with E-state index < -0.39 is 5.60 Å². The number of nitrogens with zero attached hydrogens (tertiary/aromatic N) is 2. The van der Waals surface area contributed by atoms with Gasteiger partial charge in [-0.15, -0.1) is 0 Å². The number of likely N-dealkylation sites (tertiary alicyclic amines) is 1. The first kappa shape index (κ1) is 16.9. The third kappa shape index (κ3) is 5.07. The molecule has 6 heteroatoms. The molecular formula is C16H29N3O3. The molecule has 2 aliphatic rings. The zero-order valence-corrected chi connectivity index (χ0v) is 14.2. The zero-order chi connectivity index (χ0) is 16.3. The summed E-state index contributed by atoms with van der Waals surface area (Å²) in [5.74, 6) is 0. The summed E-state index contributed by atoms with van der Waals surface area (Å²) in [4.78, 5) is 27.8. The Balaban J connectivity index is 1.79. The van der Waals surface area contributed by atoms with Crippen molar-refractivity contribution in [1.29, 1.82) is 0 Å². The Labute approximate surface area is 133 Å². The molecule has 0 aromatic rings. The van der Waals surface area contributed by atoms with E-state index in [1.54, 1.807) is 9.80 Å². The number of rotatable bonds is 2. The lowest BCUT2D eigenvalue weighted by molar-refractivity contribution is 0.0256. The van der Waals surface area contributed by atoms with Crippen molar-refractivity contribution < 1.29 is 14.3 Å². The Morgan fingerprint density at radius 3 is 2.41 bits per heavy atom. The van der Waals surface area contributed by atoms with E-state index in [1.807, 2.05) is 27.8 Å². The van der Waals surface area contributed by atoms with Crippen LogP contribution >= 0.6 is 0 Å². The molecule has 0 aromatic heterocycles. The summed E-state index contributed by atoms with van der Waals surface area (Å²) in [6.45, 7) is 6.95. The van der Waals surface area contributed by atoms with Gasteiger partial charge in [-0.1, -0.05) is 0 Å². The minimum atomic E-state index is -0.468. The van der Waals surface area contributed by atoms with E-state index in [-0.39, 0.29) is 18.2 Å². The van der Waals surface area contributed by atoms with E-state index in [0.29, 0.717) is 19.1 Å². The van der Waals surface area contributed by atoms with Gasteiger partial charge in [-0.25, -0.2) is 9.59 Å². The third-order valence-electron chi connectivity index (χ3n) is 4.12. The lowest BCUT2D eigenvalue weighted by atomic mass is 10.1. The zero-order valence-electron chi connectivity index (χ0n) is 14.2. The highest BCUT2D eigenvalue weighted by molar-refractivity contribution is 5.75. The first-order valence-corrected chi connectivity index (χ1v) is 8.27. The van der Waals surface area contributed by atoms with Crippen molar-refractivity contribution in [3.05, 3.63) is 0 Å². The highest BCUT2D eigenvalue weighted by atomic mass is 16.6. The summed E-state index contributed by atoms with van der Waals surface area (Å²) in [5.41, 5.74) is -0.468. The number of hydrogen-bond donors (Lipinski definition) is 1. The molecule has 1 saturated heterocycles. The van der Waals surface area contributed by atoms with Crippen LogP contribution in [-0.2, 0) is 4.74 Å². The van der Waals surface area contributed by atoms with Crippen LogP contribution in [0.25, 0.3) is 0 Å². The molecule has 1 saturated carbocycles. The highest BCUT2D eigenvalue weighted by Gasteiger charge is 2.31. The van der Waals surface area contributed by atoms with Gasteiger partial charge in [0, 0.05) is 32.2 Å². The fourth-order valence-electron chi connectivity index (χ4n) is 2.65. The van der Waals surface area contributed by atoms with Gasteiger partial charge < -0.3 is 19.9 Å². The van der Waals surface area contributed by atoms with Crippen molar-refractivity contribution in [2.45, 2.75) is 70.6 Å². The minimum Gasteiger partial charge on any atom is -0.444 e. The molecular weight excluding hydrogens is 282 g/mol. The number of urea groups is 1. The topological polar surface area (TPSA) is 61.9 Å². The molecule has 2 fully saturated rings. The molecule has 1 N–H and O–H groups in total. The molecule has 0 aromatic carbocycles. The SMILES string of the molecule is CN(C(=O)N[C@@H]1CCCN(C(=O)OC(C)(C)C)CC1)C1CC1. The van der Waals surface area contributed by atoms with Crippen molar-refractivity contribution in [2.75, 3.05) is 20.1 Å². The quantitative estimate of drug-likeness (QED) is 0.852. The van der Waals surface area contributed by atoms with E-state index in [4.69, 9.17) is 4.74 Å². The summed E-state index contributed by atoms with van der Waals surface area (Å²) in [6.07, 6.45) is 4.54. The molecule has 1 heterocycles. The average Bonchev–Trinajstić information content (AvgIpc) is 3.23. The number of carbonyl (C=O) groups excluding carboxylic acids is 2. The van der Waals surface area contributed by atoms with E-state index in [2.05, 4.69) is 5.32 Å². The van der Waals surface area contributed by atoms with Crippen LogP contribution in [0, 0.1) is 0 Å². The Kier molecular flexibility index (Phi) is 5.19. The van der Waals surface area contributed by atoms with Crippen molar-refractivity contribution in [3.63, 3.8) is 0 Å². The van der Waals surface area contributed by atoms with Crippen LogP contribution < -0.4 is 5.32 Å². The van der Waals surface area contributed by atoms with Crippen LogP contribution in [0.4, 0.5) is 9.59 Å². The van der Waals surface area contributed by atoms with Crippen LogP contribution in [0.5, 0.6) is 0 Å². The lowest BCUT2D eigenvalue weighted by Gasteiger charge is -2.26. The fourth-order valence-corrected chi connectivity index (χ4v) is 2.65. The van der Waals surface area contributed by atoms with Gasteiger partial charge in [-0.3, -0.25) is 0 Å². The van der Waals surface area contributed by atoms with Crippen LogP contribution in [0.1, 0.15) is 52.9 Å². The first-order chi connectivity index (χ1) is 10.3. The highest BCUT2D eigenvalue weighted by Crippen LogP contribution is 2.25. The minimum absolute atomic E-state index is 0.0122. The molecule has 1 aliphatic heterocycles. The smallest absolute Gasteiger partial charge is 0.410 e. The standard InChI is InChI=1S/C16H29N3O3/c1-16(2,3)22-15(21)19-10-5-6-12(9-11-19)17-14(20)18(4)13-7-8-13/h12-13H,5-11H2,1-4H3,(H,17,20)/t12-/m1/s1. The van der Waals surface area contributed by atoms with Crippen LogP contribution in [0.15, 0.2) is 0 Å². The Bertz CT molecular complexity index is 415. The molecule has 126 valence electrons. The number of hydrogen-bond acceptors (Lipinski definition) is 3. The van der Waals surface area contributed by atoms with E-state index >= 15 is 0 Å². The van der Waals surface area contributed by atoms with Gasteiger partial charge in [0.1, 0.15) is 5.60 Å². The third-order valence-corrected chi connectivity index (χ3v) is 4.12. The molecule has 22 heavy (non-hydrogen) atoms. The average molecular weight is 311 g/mol. The van der Waals surface area contributed by atoms with Crippen molar-refractivity contribution >= 4 is 12.1 Å². The Morgan fingerprint density at radius 1 is 1.14 bits per heavy atom. The van der Waals surface area contributed by atoms with Gasteiger partial charge in [0.05, 0.1) is 0 Å². The number of nitrogens with one attached hydrogen (secondary N) is 1. The fraction of sp³-hybridized carbons (Fsp3) is 0.875. The number of amides is 3. The van der Waals surface area contributed by atoms with Gasteiger partial charge in [0.2, 0.25) is 0 Å². The maximum absolute atomic E-state index is 12.1. The van der Waals surface area contributed by atoms with Gasteiger partial charge in [-0.2, -0.15) is 0 Å². The Hall–Kier alpha value is -1.46. The van der Waals surface area contributed by atoms with Crippen LogP contribution in [0.2, 0.25) is 0 Å². The normalized spacial score (nSPS) is 22.7. The van der Waals surface area contributed by atoms with Crippen molar-refractivity contribution in [1.82, 2.24) is 15.1 Å². The molecule has 1 atom stereocenters. The second kappa shape index (κ2) is 6.75. The van der Waals surface area contributed by atoms with E-state index in [1.165, 1.54) is 0 Å². The molecule has 0 radical (unpaired) electrons. The summed E-state index contributed by atoms with van der Waals surface area (Å²) in [5, 5.41) is 3.10. The maximum Gasteiger partial charge on any atom is 0.410 e. The Morgan fingerprint density at radius 2 is 1.82 bits per heavy atom. The molecule has 2 rings (SSSR count). The van der Waals surface area contributed by atoms with E-state index in [9.17, 15) is 9.59 Å². The van der Waals surface area contributed by atoms with Gasteiger partial charge in [0.25, 0.3) is 0 Å². The van der Waals surface area contributed by atoms with Gasteiger partial charge in [0.15, 0.2) is 0 Å². The largest absolute Gasteiger partial charge is 0.444 e. The van der Waals surface area contributed by atoms with E-state index in [0.717, 1.165) is 32.1 Å². The number of ether oxygens (including phenoxy) is 1.